The van der Waals surface area contributed by atoms with Gasteiger partial charge in [0.25, 0.3) is 5.91 Å². The predicted molar refractivity (Wildman–Crippen MR) is 121 cm³/mol. The van der Waals surface area contributed by atoms with Crippen molar-refractivity contribution in [1.82, 2.24) is 10.2 Å². The molecule has 0 aromatic heterocycles. The van der Waals surface area contributed by atoms with Crippen LogP contribution in [-0.2, 0) is 0 Å². The standard InChI is InChI=1S/C25H33N3O2/c1-4-28(5-2)25(29)18-11-14-22-21(16-18)24-20(8-7-15-26-24)23(27-22)17-9-12-19(13-10-17)30-6-3/h9-14,16,20,23-24,26-27H,4-8,15H2,1-3H3/t20-,23?,24-/m0/s1. The van der Waals surface area contributed by atoms with Crippen molar-refractivity contribution in [3.8, 4) is 5.75 Å². The molecule has 1 fully saturated rings. The topological polar surface area (TPSA) is 53.6 Å². The first-order chi connectivity index (χ1) is 14.7. The van der Waals surface area contributed by atoms with Crippen molar-refractivity contribution in [3.05, 3.63) is 59.2 Å². The van der Waals surface area contributed by atoms with Crippen LogP contribution in [0.25, 0.3) is 0 Å². The fourth-order valence-electron chi connectivity index (χ4n) is 4.93. The highest BCUT2D eigenvalue weighted by molar-refractivity contribution is 5.95. The highest BCUT2D eigenvalue weighted by Crippen LogP contribution is 2.47. The lowest BCUT2D eigenvalue weighted by Crippen LogP contribution is -2.42. The molecule has 5 heteroatoms. The van der Waals surface area contributed by atoms with Crippen LogP contribution in [0, 0.1) is 5.92 Å². The Morgan fingerprint density at radius 1 is 1.07 bits per heavy atom. The molecule has 160 valence electrons. The Morgan fingerprint density at radius 2 is 1.83 bits per heavy atom. The number of carbonyl (C=O) groups is 1. The molecule has 0 bridgehead atoms. The molecule has 4 rings (SSSR count). The molecule has 2 aliphatic heterocycles. The molecule has 3 atom stereocenters. The summed E-state index contributed by atoms with van der Waals surface area (Å²) < 4.78 is 5.62. The smallest absolute Gasteiger partial charge is 0.253 e. The molecule has 1 unspecified atom stereocenters. The summed E-state index contributed by atoms with van der Waals surface area (Å²) in [5.41, 5.74) is 4.41. The second-order valence-electron chi connectivity index (χ2n) is 8.14. The van der Waals surface area contributed by atoms with Gasteiger partial charge in [-0.15, -0.1) is 0 Å². The Bertz CT molecular complexity index is 876. The number of nitrogens with zero attached hydrogens (tertiary/aromatic N) is 1. The van der Waals surface area contributed by atoms with Gasteiger partial charge in [0.05, 0.1) is 12.6 Å². The zero-order valence-corrected chi connectivity index (χ0v) is 18.3. The average molecular weight is 408 g/mol. The minimum atomic E-state index is 0.115. The van der Waals surface area contributed by atoms with E-state index in [4.69, 9.17) is 4.74 Å². The zero-order valence-electron chi connectivity index (χ0n) is 18.3. The Hall–Kier alpha value is -2.53. The third-order valence-electron chi connectivity index (χ3n) is 6.48. The Labute approximate surface area is 179 Å². The summed E-state index contributed by atoms with van der Waals surface area (Å²) in [5.74, 6) is 1.47. The van der Waals surface area contributed by atoms with Crippen LogP contribution in [0.3, 0.4) is 0 Å². The number of benzene rings is 2. The number of carbonyl (C=O) groups excluding carboxylic acids is 1. The first-order valence-corrected chi connectivity index (χ1v) is 11.3. The maximum atomic E-state index is 12.9. The van der Waals surface area contributed by atoms with Crippen molar-refractivity contribution in [2.45, 2.75) is 45.7 Å². The van der Waals surface area contributed by atoms with Gasteiger partial charge in [-0.25, -0.2) is 0 Å². The first kappa shape index (κ1) is 20.7. The van der Waals surface area contributed by atoms with Gasteiger partial charge in [-0.3, -0.25) is 4.79 Å². The number of hydrogen-bond acceptors (Lipinski definition) is 4. The van der Waals surface area contributed by atoms with E-state index in [2.05, 4.69) is 47.0 Å². The molecular formula is C25H33N3O2. The van der Waals surface area contributed by atoms with Crippen LogP contribution in [0.5, 0.6) is 5.75 Å². The van der Waals surface area contributed by atoms with Gasteiger partial charge in [0.2, 0.25) is 0 Å². The van der Waals surface area contributed by atoms with E-state index in [0.717, 1.165) is 43.1 Å². The van der Waals surface area contributed by atoms with E-state index >= 15 is 0 Å². The normalized spacial score (nSPS) is 22.4. The van der Waals surface area contributed by atoms with Gasteiger partial charge >= 0.3 is 0 Å². The number of fused-ring (bicyclic) bond motifs is 3. The van der Waals surface area contributed by atoms with Crippen LogP contribution in [-0.4, -0.2) is 37.0 Å². The second kappa shape index (κ2) is 9.09. The lowest BCUT2D eigenvalue weighted by atomic mass is 9.75. The van der Waals surface area contributed by atoms with Crippen molar-refractivity contribution in [2.24, 2.45) is 5.92 Å². The van der Waals surface area contributed by atoms with E-state index in [1.807, 2.05) is 31.7 Å². The lowest BCUT2D eigenvalue weighted by Gasteiger charge is -2.44. The summed E-state index contributed by atoms with van der Waals surface area (Å²) in [6.07, 6.45) is 2.33. The van der Waals surface area contributed by atoms with E-state index in [9.17, 15) is 4.79 Å². The van der Waals surface area contributed by atoms with Crippen LogP contribution < -0.4 is 15.4 Å². The molecule has 0 saturated carbocycles. The van der Waals surface area contributed by atoms with Gasteiger partial charge < -0.3 is 20.3 Å². The van der Waals surface area contributed by atoms with Crippen molar-refractivity contribution in [3.63, 3.8) is 0 Å². The number of anilines is 1. The minimum absolute atomic E-state index is 0.115. The number of nitrogens with one attached hydrogen (secondary N) is 2. The summed E-state index contributed by atoms with van der Waals surface area (Å²) >= 11 is 0. The van der Waals surface area contributed by atoms with Crippen LogP contribution in [0.4, 0.5) is 5.69 Å². The Morgan fingerprint density at radius 3 is 2.53 bits per heavy atom. The van der Waals surface area contributed by atoms with Crippen molar-refractivity contribution in [2.75, 3.05) is 31.6 Å². The molecule has 5 nitrogen and oxygen atoms in total. The van der Waals surface area contributed by atoms with Gasteiger partial charge in [0, 0.05) is 36.3 Å². The highest BCUT2D eigenvalue weighted by atomic mass is 16.5. The Balaban J connectivity index is 1.66. The minimum Gasteiger partial charge on any atom is -0.494 e. The van der Waals surface area contributed by atoms with E-state index in [-0.39, 0.29) is 18.0 Å². The first-order valence-electron chi connectivity index (χ1n) is 11.3. The van der Waals surface area contributed by atoms with Crippen molar-refractivity contribution in [1.29, 1.82) is 0 Å². The molecule has 30 heavy (non-hydrogen) atoms. The molecule has 2 heterocycles. The molecular weight excluding hydrogens is 374 g/mol. The number of hydrogen-bond donors (Lipinski definition) is 2. The fourth-order valence-corrected chi connectivity index (χ4v) is 4.93. The Kier molecular flexibility index (Phi) is 6.28. The van der Waals surface area contributed by atoms with E-state index < -0.39 is 0 Å². The lowest BCUT2D eigenvalue weighted by molar-refractivity contribution is 0.0772. The maximum absolute atomic E-state index is 12.9. The van der Waals surface area contributed by atoms with E-state index in [1.54, 1.807) is 0 Å². The third kappa shape index (κ3) is 3.91. The van der Waals surface area contributed by atoms with Crippen LogP contribution >= 0.6 is 0 Å². The highest BCUT2D eigenvalue weighted by Gasteiger charge is 2.39. The van der Waals surface area contributed by atoms with Gasteiger partial charge in [-0.2, -0.15) is 0 Å². The largest absolute Gasteiger partial charge is 0.494 e. The number of piperidine rings is 1. The summed E-state index contributed by atoms with van der Waals surface area (Å²) in [6, 6.07) is 15.1. The van der Waals surface area contributed by atoms with Crippen molar-refractivity contribution < 1.29 is 9.53 Å². The van der Waals surface area contributed by atoms with Gasteiger partial charge in [0.1, 0.15) is 5.75 Å². The van der Waals surface area contributed by atoms with Crippen LogP contribution in [0.15, 0.2) is 42.5 Å². The second-order valence-corrected chi connectivity index (χ2v) is 8.14. The van der Waals surface area contributed by atoms with E-state index in [1.165, 1.54) is 17.5 Å². The fraction of sp³-hybridized carbons (Fsp3) is 0.480. The molecule has 2 aromatic rings. The van der Waals surface area contributed by atoms with Gasteiger partial charge in [-0.05, 0) is 81.6 Å². The monoisotopic (exact) mass is 407 g/mol. The molecule has 1 amide bonds. The number of rotatable bonds is 6. The van der Waals surface area contributed by atoms with E-state index in [0.29, 0.717) is 12.5 Å². The quantitative estimate of drug-likeness (QED) is 0.724. The SMILES string of the molecule is CCOc1ccc(C2Nc3ccc(C(=O)N(CC)CC)cc3[C@H]3NCCC[C@@H]23)cc1. The van der Waals surface area contributed by atoms with Gasteiger partial charge in [0.15, 0.2) is 0 Å². The third-order valence-corrected chi connectivity index (χ3v) is 6.48. The number of ether oxygens (including phenoxy) is 1. The molecule has 0 spiro atoms. The molecule has 1 saturated heterocycles. The van der Waals surface area contributed by atoms with Crippen LogP contribution in [0.2, 0.25) is 0 Å². The van der Waals surface area contributed by atoms with Gasteiger partial charge in [-0.1, -0.05) is 12.1 Å². The van der Waals surface area contributed by atoms with Crippen molar-refractivity contribution >= 4 is 11.6 Å². The molecule has 2 N–H and O–H groups in total. The summed E-state index contributed by atoms with van der Waals surface area (Å²) in [6.45, 7) is 9.22. The maximum Gasteiger partial charge on any atom is 0.253 e. The molecule has 2 aromatic carbocycles. The number of amides is 1. The van der Waals surface area contributed by atoms with Crippen LogP contribution in [0.1, 0.15) is 67.2 Å². The summed E-state index contributed by atoms with van der Waals surface area (Å²) in [5, 5.41) is 7.52. The zero-order chi connectivity index (χ0) is 21.1. The summed E-state index contributed by atoms with van der Waals surface area (Å²) in [7, 11) is 0. The average Bonchev–Trinajstić information content (AvgIpc) is 2.80. The summed E-state index contributed by atoms with van der Waals surface area (Å²) in [4.78, 5) is 14.8. The molecule has 0 aliphatic carbocycles. The molecule has 0 radical (unpaired) electrons. The predicted octanol–water partition coefficient (Wildman–Crippen LogP) is 4.77. The molecule has 2 aliphatic rings.